The van der Waals surface area contributed by atoms with E-state index >= 15 is 0 Å². The summed E-state index contributed by atoms with van der Waals surface area (Å²) < 4.78 is 13.8. The molecule has 29 heavy (non-hydrogen) atoms. The smallest absolute Gasteiger partial charge is 0.293 e. The first-order valence-electron chi connectivity index (χ1n) is 9.49. The molecule has 0 amide bonds. The summed E-state index contributed by atoms with van der Waals surface area (Å²) in [5.74, 6) is 0.249. The van der Waals surface area contributed by atoms with Gasteiger partial charge in [0.15, 0.2) is 0 Å². The number of hydrogen-bond donors (Lipinski definition) is 2. The Hall–Kier alpha value is -3.33. The second kappa shape index (κ2) is 8.36. The highest BCUT2D eigenvalue weighted by Crippen LogP contribution is 2.34. The third-order valence-corrected chi connectivity index (χ3v) is 5.03. The Morgan fingerprint density at radius 1 is 1.21 bits per heavy atom. The van der Waals surface area contributed by atoms with Crippen molar-refractivity contribution in [1.82, 2.24) is 15.3 Å². The number of nitrogens with zero attached hydrogens (tertiary/aromatic N) is 4. The fraction of sp³-hybridized carbons (Fsp3) is 0.300. The Morgan fingerprint density at radius 3 is 2.76 bits per heavy atom. The van der Waals surface area contributed by atoms with Crippen LogP contribution in [0.5, 0.6) is 0 Å². The van der Waals surface area contributed by atoms with Gasteiger partial charge in [-0.25, -0.2) is 14.4 Å². The number of aromatic nitrogens is 2. The molecule has 0 atom stereocenters. The van der Waals surface area contributed by atoms with Crippen molar-refractivity contribution < 1.29 is 9.31 Å². The van der Waals surface area contributed by atoms with Crippen molar-refractivity contribution in [1.29, 1.82) is 0 Å². The van der Waals surface area contributed by atoms with Gasteiger partial charge in [-0.3, -0.25) is 10.1 Å². The molecule has 4 rings (SSSR count). The number of nitro groups is 1. The fourth-order valence-corrected chi connectivity index (χ4v) is 3.54. The maximum Gasteiger partial charge on any atom is 0.293 e. The normalized spacial score (nSPS) is 14.2. The van der Waals surface area contributed by atoms with E-state index in [-0.39, 0.29) is 16.4 Å². The van der Waals surface area contributed by atoms with Gasteiger partial charge in [-0.05, 0) is 24.1 Å². The molecule has 3 aromatic rings. The van der Waals surface area contributed by atoms with Crippen LogP contribution in [0.4, 0.5) is 21.6 Å². The molecular weight excluding hydrogens is 375 g/mol. The van der Waals surface area contributed by atoms with Crippen molar-refractivity contribution in [3.63, 3.8) is 0 Å². The fourth-order valence-electron chi connectivity index (χ4n) is 3.54. The van der Waals surface area contributed by atoms with E-state index in [1.165, 1.54) is 18.5 Å². The lowest BCUT2D eigenvalue weighted by Crippen LogP contribution is -2.43. The topological polar surface area (TPSA) is 96.2 Å². The molecule has 1 aliphatic heterocycles. The second-order valence-corrected chi connectivity index (χ2v) is 6.84. The Kier molecular flexibility index (Phi) is 5.48. The number of fused-ring (bicyclic) bond motifs is 1. The summed E-state index contributed by atoms with van der Waals surface area (Å²) in [6.07, 6.45) is 1.90. The number of rotatable bonds is 6. The summed E-state index contributed by atoms with van der Waals surface area (Å²) in [4.78, 5) is 21.9. The SMILES string of the molecule is O=[N+]([O-])c1cc2c(NCCc3ccccc3F)ncnc2cc1N1CCNCC1. The van der Waals surface area contributed by atoms with Gasteiger partial charge in [0.25, 0.3) is 5.69 Å². The molecule has 1 aromatic heterocycles. The lowest BCUT2D eigenvalue weighted by atomic mass is 10.1. The Morgan fingerprint density at radius 2 is 2.00 bits per heavy atom. The van der Waals surface area contributed by atoms with E-state index in [0.717, 1.165) is 13.1 Å². The summed E-state index contributed by atoms with van der Waals surface area (Å²) in [5, 5.41) is 18.7. The van der Waals surface area contributed by atoms with E-state index in [0.29, 0.717) is 54.0 Å². The highest BCUT2D eigenvalue weighted by Gasteiger charge is 2.23. The highest BCUT2D eigenvalue weighted by molar-refractivity contribution is 5.94. The van der Waals surface area contributed by atoms with Crippen molar-refractivity contribution in [3.05, 3.63) is 64.2 Å². The van der Waals surface area contributed by atoms with Crippen LogP contribution in [-0.4, -0.2) is 47.6 Å². The van der Waals surface area contributed by atoms with Crippen LogP contribution in [-0.2, 0) is 6.42 Å². The van der Waals surface area contributed by atoms with E-state index in [1.54, 1.807) is 24.3 Å². The Labute approximate surface area is 166 Å². The molecule has 8 nitrogen and oxygen atoms in total. The summed E-state index contributed by atoms with van der Waals surface area (Å²) in [5.41, 5.74) is 1.84. The molecular formula is C20H21FN6O2. The first-order chi connectivity index (χ1) is 14.1. The number of hydrogen-bond acceptors (Lipinski definition) is 7. The van der Waals surface area contributed by atoms with Gasteiger partial charge in [-0.2, -0.15) is 0 Å². The zero-order valence-electron chi connectivity index (χ0n) is 15.8. The number of benzene rings is 2. The predicted molar refractivity (Wildman–Crippen MR) is 110 cm³/mol. The van der Waals surface area contributed by atoms with Crippen LogP contribution in [0.2, 0.25) is 0 Å². The molecule has 2 heterocycles. The third kappa shape index (κ3) is 4.09. The van der Waals surface area contributed by atoms with Crippen molar-refractivity contribution in [2.75, 3.05) is 42.9 Å². The van der Waals surface area contributed by atoms with Crippen molar-refractivity contribution in [3.8, 4) is 0 Å². The minimum Gasteiger partial charge on any atom is -0.369 e. The molecule has 1 saturated heterocycles. The second-order valence-electron chi connectivity index (χ2n) is 6.84. The predicted octanol–water partition coefficient (Wildman–Crippen LogP) is 2.74. The molecule has 0 unspecified atom stereocenters. The summed E-state index contributed by atoms with van der Waals surface area (Å²) >= 11 is 0. The summed E-state index contributed by atoms with van der Waals surface area (Å²) in [6, 6.07) is 9.88. The van der Waals surface area contributed by atoms with E-state index < -0.39 is 0 Å². The molecule has 1 aliphatic rings. The minimum absolute atomic E-state index is 0.0337. The quantitative estimate of drug-likeness (QED) is 0.488. The molecule has 0 bridgehead atoms. The molecule has 2 aromatic carbocycles. The lowest BCUT2D eigenvalue weighted by molar-refractivity contribution is -0.384. The monoisotopic (exact) mass is 396 g/mol. The van der Waals surface area contributed by atoms with Gasteiger partial charge in [0.1, 0.15) is 23.6 Å². The first kappa shape index (κ1) is 19.0. The van der Waals surface area contributed by atoms with Crippen LogP contribution in [0, 0.1) is 15.9 Å². The van der Waals surface area contributed by atoms with Crippen LogP contribution in [0.25, 0.3) is 10.9 Å². The largest absolute Gasteiger partial charge is 0.369 e. The molecule has 150 valence electrons. The zero-order valence-corrected chi connectivity index (χ0v) is 15.8. The van der Waals surface area contributed by atoms with Crippen LogP contribution >= 0.6 is 0 Å². The average molecular weight is 396 g/mol. The number of anilines is 2. The Balaban J connectivity index is 1.62. The lowest BCUT2D eigenvalue weighted by Gasteiger charge is -2.29. The van der Waals surface area contributed by atoms with Crippen LogP contribution in [0.3, 0.4) is 0 Å². The maximum atomic E-state index is 13.8. The van der Waals surface area contributed by atoms with Crippen LogP contribution < -0.4 is 15.5 Å². The first-order valence-corrected chi connectivity index (χ1v) is 9.49. The standard InChI is InChI=1S/C20H21FN6O2/c21-16-4-2-1-3-14(16)5-6-23-20-15-11-19(27(28)29)18(12-17(15)24-13-25-20)26-9-7-22-8-10-26/h1-4,11-13,22H,5-10H2,(H,23,24,25). The van der Waals surface area contributed by atoms with Gasteiger partial charge < -0.3 is 15.5 Å². The van der Waals surface area contributed by atoms with Crippen molar-refractivity contribution in [2.24, 2.45) is 0 Å². The number of piperazine rings is 1. The Bertz CT molecular complexity index is 1040. The average Bonchev–Trinajstić information content (AvgIpc) is 2.75. The maximum absolute atomic E-state index is 13.8. The molecule has 0 aliphatic carbocycles. The van der Waals surface area contributed by atoms with E-state index in [1.807, 2.05) is 4.90 Å². The van der Waals surface area contributed by atoms with Gasteiger partial charge in [-0.1, -0.05) is 18.2 Å². The molecule has 2 N–H and O–H groups in total. The number of nitro benzene ring substituents is 1. The molecule has 0 radical (unpaired) electrons. The van der Waals surface area contributed by atoms with E-state index in [2.05, 4.69) is 20.6 Å². The summed E-state index contributed by atoms with van der Waals surface area (Å²) in [7, 11) is 0. The molecule has 9 heteroatoms. The zero-order chi connectivity index (χ0) is 20.2. The van der Waals surface area contributed by atoms with Gasteiger partial charge in [-0.15, -0.1) is 0 Å². The molecule has 0 spiro atoms. The minimum atomic E-state index is -0.368. The molecule has 0 saturated carbocycles. The summed E-state index contributed by atoms with van der Waals surface area (Å²) in [6.45, 7) is 3.40. The highest BCUT2D eigenvalue weighted by atomic mass is 19.1. The van der Waals surface area contributed by atoms with Gasteiger partial charge in [0, 0.05) is 44.2 Å². The van der Waals surface area contributed by atoms with E-state index in [4.69, 9.17) is 0 Å². The number of nitrogens with one attached hydrogen (secondary N) is 2. The van der Waals surface area contributed by atoms with Gasteiger partial charge in [0.2, 0.25) is 0 Å². The van der Waals surface area contributed by atoms with E-state index in [9.17, 15) is 14.5 Å². The third-order valence-electron chi connectivity index (χ3n) is 5.03. The van der Waals surface area contributed by atoms with Crippen molar-refractivity contribution >= 4 is 28.1 Å². The van der Waals surface area contributed by atoms with Crippen molar-refractivity contribution in [2.45, 2.75) is 6.42 Å². The van der Waals surface area contributed by atoms with Crippen LogP contribution in [0.15, 0.2) is 42.7 Å². The molecule has 1 fully saturated rings. The van der Waals surface area contributed by atoms with Gasteiger partial charge >= 0.3 is 0 Å². The van der Waals surface area contributed by atoms with Crippen LogP contribution in [0.1, 0.15) is 5.56 Å². The number of halogens is 1. The van der Waals surface area contributed by atoms with Gasteiger partial charge in [0.05, 0.1) is 10.4 Å².